The van der Waals surface area contributed by atoms with E-state index >= 15 is 0 Å². The van der Waals surface area contributed by atoms with Gasteiger partial charge in [0.25, 0.3) is 5.24 Å². The lowest BCUT2D eigenvalue weighted by molar-refractivity contribution is -0.133. The summed E-state index contributed by atoms with van der Waals surface area (Å²) in [6.07, 6.45) is 1.49. The number of halogens is 1. The molecule has 3 heteroatoms. The van der Waals surface area contributed by atoms with E-state index in [9.17, 15) is 4.79 Å². The van der Waals surface area contributed by atoms with Crippen molar-refractivity contribution in [3.05, 3.63) is 35.4 Å². The summed E-state index contributed by atoms with van der Waals surface area (Å²) < 4.78 is 5.31. The van der Waals surface area contributed by atoms with Crippen LogP contribution in [0.4, 0.5) is 0 Å². The average molecular weight is 211 g/mol. The van der Waals surface area contributed by atoms with E-state index in [1.54, 1.807) is 0 Å². The lowest BCUT2D eigenvalue weighted by atomic mass is 9.97. The standard InChI is InChI=1S/C11H11ClO2/c1-14-11(10(12)13)7-6-8-4-2-3-5-9(8)11/h2-5H,6-7H2,1H3. The van der Waals surface area contributed by atoms with Crippen LogP contribution in [-0.4, -0.2) is 12.4 Å². The summed E-state index contributed by atoms with van der Waals surface area (Å²) in [5.41, 5.74) is 1.17. The fourth-order valence-corrected chi connectivity index (χ4v) is 2.35. The van der Waals surface area contributed by atoms with Crippen LogP contribution in [0.3, 0.4) is 0 Å². The van der Waals surface area contributed by atoms with Gasteiger partial charge in [-0.3, -0.25) is 4.79 Å². The van der Waals surface area contributed by atoms with Gasteiger partial charge in [0.15, 0.2) is 5.60 Å². The molecule has 2 rings (SSSR count). The molecule has 0 radical (unpaired) electrons. The maximum absolute atomic E-state index is 11.4. The summed E-state index contributed by atoms with van der Waals surface area (Å²) in [5.74, 6) is 0. The molecule has 1 unspecified atom stereocenters. The number of carbonyl (C=O) groups excluding carboxylic acids is 1. The minimum atomic E-state index is -0.905. The Hall–Kier alpha value is -0.860. The number of hydrogen-bond donors (Lipinski definition) is 0. The number of aryl methyl sites for hydroxylation is 1. The van der Waals surface area contributed by atoms with Gasteiger partial charge in [0.05, 0.1) is 0 Å². The SMILES string of the molecule is COC1(C(=O)Cl)CCc2ccccc21. The Bertz CT molecular complexity index is 375. The maximum atomic E-state index is 11.4. The highest BCUT2D eigenvalue weighted by Gasteiger charge is 2.44. The summed E-state index contributed by atoms with van der Waals surface area (Å²) in [6.45, 7) is 0. The van der Waals surface area contributed by atoms with E-state index in [0.29, 0.717) is 6.42 Å². The minimum Gasteiger partial charge on any atom is -0.364 e. The third-order valence-corrected chi connectivity index (χ3v) is 3.17. The topological polar surface area (TPSA) is 26.3 Å². The van der Waals surface area contributed by atoms with E-state index in [2.05, 4.69) is 0 Å². The van der Waals surface area contributed by atoms with Crippen molar-refractivity contribution in [1.82, 2.24) is 0 Å². The molecule has 14 heavy (non-hydrogen) atoms. The van der Waals surface area contributed by atoms with Crippen LogP contribution in [0, 0.1) is 0 Å². The molecule has 2 nitrogen and oxygen atoms in total. The van der Waals surface area contributed by atoms with Crippen molar-refractivity contribution in [1.29, 1.82) is 0 Å². The molecule has 0 aromatic heterocycles. The Morgan fingerprint density at radius 3 is 2.86 bits per heavy atom. The van der Waals surface area contributed by atoms with E-state index < -0.39 is 10.8 Å². The molecule has 0 amide bonds. The number of fused-ring (bicyclic) bond motifs is 1. The third-order valence-electron chi connectivity index (χ3n) is 2.86. The van der Waals surface area contributed by atoms with Gasteiger partial charge in [0, 0.05) is 7.11 Å². The first-order chi connectivity index (χ1) is 6.70. The lowest BCUT2D eigenvalue weighted by Crippen LogP contribution is -2.32. The van der Waals surface area contributed by atoms with Gasteiger partial charge in [-0.1, -0.05) is 24.3 Å². The number of benzene rings is 1. The molecule has 1 aliphatic rings. The minimum absolute atomic E-state index is 0.426. The Kier molecular flexibility index (Phi) is 2.33. The summed E-state index contributed by atoms with van der Waals surface area (Å²) in [4.78, 5) is 11.4. The van der Waals surface area contributed by atoms with Crippen LogP contribution < -0.4 is 0 Å². The quantitative estimate of drug-likeness (QED) is 0.700. The van der Waals surface area contributed by atoms with Gasteiger partial charge in [-0.25, -0.2) is 0 Å². The summed E-state index contributed by atoms with van der Waals surface area (Å²) >= 11 is 5.60. The van der Waals surface area contributed by atoms with Gasteiger partial charge in [-0.05, 0) is 35.6 Å². The van der Waals surface area contributed by atoms with E-state index in [0.717, 1.165) is 17.5 Å². The van der Waals surface area contributed by atoms with Crippen LogP contribution in [0.2, 0.25) is 0 Å². The monoisotopic (exact) mass is 210 g/mol. The second-order valence-electron chi connectivity index (χ2n) is 3.46. The third kappa shape index (κ3) is 1.18. The molecule has 1 atom stereocenters. The van der Waals surface area contributed by atoms with Crippen LogP contribution in [-0.2, 0) is 21.6 Å². The van der Waals surface area contributed by atoms with Crippen molar-refractivity contribution >= 4 is 16.8 Å². The first kappa shape index (κ1) is 9.69. The second kappa shape index (κ2) is 3.37. The second-order valence-corrected chi connectivity index (χ2v) is 3.81. The van der Waals surface area contributed by atoms with Crippen molar-refractivity contribution in [2.75, 3.05) is 7.11 Å². The molecule has 0 N–H and O–H groups in total. The molecule has 1 aromatic rings. The molecule has 0 fully saturated rings. The molecule has 0 saturated heterocycles. The lowest BCUT2D eigenvalue weighted by Gasteiger charge is -2.23. The summed E-state index contributed by atoms with van der Waals surface area (Å²) in [6, 6.07) is 7.78. The zero-order valence-corrected chi connectivity index (χ0v) is 8.67. The molecule has 0 heterocycles. The van der Waals surface area contributed by atoms with Gasteiger partial charge >= 0.3 is 0 Å². The van der Waals surface area contributed by atoms with Gasteiger partial charge in [0.1, 0.15) is 0 Å². The van der Waals surface area contributed by atoms with Crippen LogP contribution in [0.25, 0.3) is 0 Å². The predicted molar refractivity (Wildman–Crippen MR) is 54.3 cm³/mol. The first-order valence-corrected chi connectivity index (χ1v) is 4.92. The highest BCUT2D eigenvalue weighted by atomic mass is 35.5. The molecule has 0 bridgehead atoms. The van der Waals surface area contributed by atoms with E-state index in [1.807, 2.05) is 24.3 Å². The smallest absolute Gasteiger partial charge is 0.258 e. The zero-order chi connectivity index (χ0) is 10.2. The Balaban J connectivity index is 2.55. The molecule has 0 aliphatic heterocycles. The predicted octanol–water partition coefficient (Wildman–Crippen LogP) is 2.24. The fourth-order valence-electron chi connectivity index (χ4n) is 2.07. The zero-order valence-electron chi connectivity index (χ0n) is 7.92. The molecule has 0 saturated carbocycles. The number of hydrogen-bond acceptors (Lipinski definition) is 2. The van der Waals surface area contributed by atoms with Gasteiger partial charge in [-0.2, -0.15) is 0 Å². The highest BCUT2D eigenvalue weighted by Crippen LogP contribution is 2.40. The molecular formula is C11H11ClO2. The first-order valence-electron chi connectivity index (χ1n) is 4.54. The Morgan fingerprint density at radius 2 is 2.21 bits per heavy atom. The van der Waals surface area contributed by atoms with Gasteiger partial charge in [0.2, 0.25) is 0 Å². The number of methoxy groups -OCH3 is 1. The molecule has 1 aliphatic carbocycles. The fraction of sp³-hybridized carbons (Fsp3) is 0.364. The molecule has 74 valence electrons. The van der Waals surface area contributed by atoms with Crippen LogP contribution >= 0.6 is 11.6 Å². The van der Waals surface area contributed by atoms with Crippen molar-refractivity contribution in [2.45, 2.75) is 18.4 Å². The maximum Gasteiger partial charge on any atom is 0.258 e. The largest absolute Gasteiger partial charge is 0.364 e. The van der Waals surface area contributed by atoms with E-state index in [4.69, 9.17) is 16.3 Å². The van der Waals surface area contributed by atoms with Crippen LogP contribution in [0.5, 0.6) is 0 Å². The van der Waals surface area contributed by atoms with E-state index in [1.165, 1.54) is 7.11 Å². The van der Waals surface area contributed by atoms with Crippen molar-refractivity contribution < 1.29 is 9.53 Å². The normalized spacial score (nSPS) is 24.7. The van der Waals surface area contributed by atoms with Crippen molar-refractivity contribution in [2.24, 2.45) is 0 Å². The molecular weight excluding hydrogens is 200 g/mol. The molecule has 1 aromatic carbocycles. The van der Waals surface area contributed by atoms with Crippen molar-refractivity contribution in [3.63, 3.8) is 0 Å². The Labute approximate surface area is 87.8 Å². The van der Waals surface area contributed by atoms with Gasteiger partial charge < -0.3 is 4.74 Å². The number of ether oxygens (including phenoxy) is 1. The average Bonchev–Trinajstić information content (AvgIpc) is 2.57. The Morgan fingerprint density at radius 1 is 1.50 bits per heavy atom. The molecule has 0 spiro atoms. The van der Waals surface area contributed by atoms with Crippen LogP contribution in [0.15, 0.2) is 24.3 Å². The number of carbonyl (C=O) groups is 1. The van der Waals surface area contributed by atoms with Gasteiger partial charge in [-0.15, -0.1) is 0 Å². The van der Waals surface area contributed by atoms with E-state index in [-0.39, 0.29) is 0 Å². The van der Waals surface area contributed by atoms with Crippen LogP contribution in [0.1, 0.15) is 17.5 Å². The summed E-state index contributed by atoms with van der Waals surface area (Å²) in [5, 5.41) is -0.426. The number of rotatable bonds is 2. The van der Waals surface area contributed by atoms with Crippen molar-refractivity contribution in [3.8, 4) is 0 Å². The summed E-state index contributed by atoms with van der Waals surface area (Å²) in [7, 11) is 1.53. The highest BCUT2D eigenvalue weighted by molar-refractivity contribution is 6.65.